The molecule has 1 aliphatic heterocycles. The lowest BCUT2D eigenvalue weighted by atomic mass is 9.79. The van der Waals surface area contributed by atoms with Gasteiger partial charge in [-0.05, 0) is 31.7 Å². The molecule has 1 aliphatic carbocycles. The normalized spacial score (nSPS) is 23.0. The quantitative estimate of drug-likeness (QED) is 0.873. The average Bonchev–Trinajstić information content (AvgIpc) is 2.62. The monoisotopic (exact) mass is 346 g/mol. The molecule has 1 atom stereocenters. The van der Waals surface area contributed by atoms with Gasteiger partial charge in [-0.1, -0.05) is 19.3 Å². The summed E-state index contributed by atoms with van der Waals surface area (Å²) in [5.41, 5.74) is 0.369. The predicted molar refractivity (Wildman–Crippen MR) is 92.2 cm³/mol. The fraction of sp³-hybridized carbons (Fsp3) is 0.667. The Bertz CT molecular complexity index is 602. The number of carboxylic acid groups (broad SMARTS) is 1. The summed E-state index contributed by atoms with van der Waals surface area (Å²) in [6, 6.07) is 1.76. The summed E-state index contributed by atoms with van der Waals surface area (Å²) in [6.45, 7) is 1.32. The largest absolute Gasteiger partial charge is 0.481 e. The summed E-state index contributed by atoms with van der Waals surface area (Å²) < 4.78 is 0. The van der Waals surface area contributed by atoms with Crippen molar-refractivity contribution >= 4 is 12.0 Å². The number of nitrogens with zero attached hydrogens (tertiary/aromatic N) is 3. The van der Waals surface area contributed by atoms with Crippen molar-refractivity contribution in [2.75, 3.05) is 13.1 Å². The number of carbonyl (C=O) groups is 2. The molecule has 0 aromatic carbocycles. The highest BCUT2D eigenvalue weighted by atomic mass is 16.4. The van der Waals surface area contributed by atoms with E-state index in [2.05, 4.69) is 15.3 Å². The van der Waals surface area contributed by atoms with Crippen LogP contribution in [0.2, 0.25) is 0 Å². The smallest absolute Gasteiger partial charge is 0.317 e. The minimum absolute atomic E-state index is 0.00190. The number of aromatic nitrogens is 2. The van der Waals surface area contributed by atoms with Crippen molar-refractivity contribution in [2.24, 2.45) is 0 Å². The van der Waals surface area contributed by atoms with Crippen molar-refractivity contribution in [1.29, 1.82) is 0 Å². The first-order chi connectivity index (χ1) is 12.1. The molecule has 1 saturated heterocycles. The zero-order valence-corrected chi connectivity index (χ0v) is 14.5. The van der Waals surface area contributed by atoms with E-state index < -0.39 is 11.5 Å². The van der Waals surface area contributed by atoms with E-state index in [0.717, 1.165) is 50.6 Å². The number of carboxylic acids is 1. The molecule has 2 N–H and O–H groups in total. The highest BCUT2D eigenvalue weighted by Crippen LogP contribution is 2.32. The van der Waals surface area contributed by atoms with Gasteiger partial charge in [-0.25, -0.2) is 14.8 Å². The van der Waals surface area contributed by atoms with Gasteiger partial charge >= 0.3 is 12.0 Å². The summed E-state index contributed by atoms with van der Waals surface area (Å²) in [5.74, 6) is -0.635. The summed E-state index contributed by atoms with van der Waals surface area (Å²) in [4.78, 5) is 34.2. The second-order valence-corrected chi connectivity index (χ2v) is 7.26. The maximum atomic E-state index is 12.8. The van der Waals surface area contributed by atoms with Crippen LogP contribution < -0.4 is 5.32 Å². The zero-order valence-electron chi connectivity index (χ0n) is 14.5. The Labute approximate surface area is 147 Å². The molecule has 7 heteroatoms. The third kappa shape index (κ3) is 4.46. The lowest BCUT2D eigenvalue weighted by Gasteiger charge is -2.40. The number of hydrogen-bond acceptors (Lipinski definition) is 4. The molecule has 1 saturated carbocycles. The van der Waals surface area contributed by atoms with Gasteiger partial charge < -0.3 is 15.3 Å². The van der Waals surface area contributed by atoms with Gasteiger partial charge in [0, 0.05) is 30.9 Å². The second-order valence-electron chi connectivity index (χ2n) is 7.26. The van der Waals surface area contributed by atoms with Crippen LogP contribution in [-0.2, 0) is 4.79 Å². The van der Waals surface area contributed by atoms with Crippen LogP contribution in [0.3, 0.4) is 0 Å². The van der Waals surface area contributed by atoms with E-state index >= 15 is 0 Å². The van der Waals surface area contributed by atoms with Crippen LogP contribution >= 0.6 is 0 Å². The molecule has 2 fully saturated rings. The maximum absolute atomic E-state index is 12.8. The van der Waals surface area contributed by atoms with Crippen LogP contribution in [0, 0.1) is 0 Å². The molecule has 25 heavy (non-hydrogen) atoms. The Kier molecular flexibility index (Phi) is 5.50. The van der Waals surface area contributed by atoms with Gasteiger partial charge in [0.2, 0.25) is 0 Å². The van der Waals surface area contributed by atoms with E-state index in [0.29, 0.717) is 13.1 Å². The Morgan fingerprint density at radius 1 is 1.28 bits per heavy atom. The molecule has 7 nitrogen and oxygen atoms in total. The Balaban J connectivity index is 1.65. The number of hydrogen-bond donors (Lipinski definition) is 2. The molecule has 0 unspecified atom stereocenters. The van der Waals surface area contributed by atoms with E-state index in [1.54, 1.807) is 6.20 Å². The number of rotatable bonds is 4. The Morgan fingerprint density at radius 3 is 2.76 bits per heavy atom. The zero-order chi connectivity index (χ0) is 17.7. The lowest BCUT2D eigenvalue weighted by molar-refractivity contribution is -0.139. The minimum atomic E-state index is -0.847. The first-order valence-corrected chi connectivity index (χ1v) is 9.13. The predicted octanol–water partition coefficient (Wildman–Crippen LogP) is 2.54. The number of amides is 2. The summed E-state index contributed by atoms with van der Waals surface area (Å²) in [5, 5.41) is 12.3. The van der Waals surface area contributed by atoms with Crippen LogP contribution in [0.4, 0.5) is 4.79 Å². The molecule has 2 heterocycles. The fourth-order valence-electron chi connectivity index (χ4n) is 4.12. The van der Waals surface area contributed by atoms with Crippen molar-refractivity contribution in [3.8, 4) is 0 Å². The highest BCUT2D eigenvalue weighted by molar-refractivity contribution is 5.77. The van der Waals surface area contributed by atoms with Crippen molar-refractivity contribution < 1.29 is 14.7 Å². The SMILES string of the molecule is O=C(O)CC1(NC(=O)N2CCC[C@H](c3ccncn3)C2)CCCCC1. The average molecular weight is 346 g/mol. The third-order valence-corrected chi connectivity index (χ3v) is 5.40. The maximum Gasteiger partial charge on any atom is 0.317 e. The summed E-state index contributed by atoms with van der Waals surface area (Å²) >= 11 is 0. The van der Waals surface area contributed by atoms with Gasteiger partial charge in [-0.2, -0.15) is 0 Å². The van der Waals surface area contributed by atoms with Gasteiger partial charge in [0.05, 0.1) is 12.0 Å². The van der Waals surface area contributed by atoms with Crippen molar-refractivity contribution in [1.82, 2.24) is 20.2 Å². The van der Waals surface area contributed by atoms with E-state index in [1.165, 1.54) is 6.33 Å². The first kappa shape index (κ1) is 17.6. The lowest BCUT2D eigenvalue weighted by Crippen LogP contribution is -2.56. The molecule has 1 aromatic heterocycles. The molecule has 0 spiro atoms. The van der Waals surface area contributed by atoms with Crippen molar-refractivity contribution in [3.05, 3.63) is 24.3 Å². The van der Waals surface area contributed by atoms with E-state index in [9.17, 15) is 14.7 Å². The van der Waals surface area contributed by atoms with Crippen LogP contribution in [0.5, 0.6) is 0 Å². The van der Waals surface area contributed by atoms with Gasteiger partial charge in [0.15, 0.2) is 0 Å². The molecule has 136 valence electrons. The standard InChI is InChI=1S/C18H26N4O3/c23-16(24)11-18(7-2-1-3-8-18)21-17(25)22-10-4-5-14(12-22)15-6-9-19-13-20-15/h6,9,13-14H,1-5,7-8,10-12H2,(H,21,25)(H,23,24)/t14-/m0/s1. The number of piperidine rings is 1. The molecule has 0 radical (unpaired) electrons. The number of carbonyl (C=O) groups excluding carboxylic acids is 1. The summed E-state index contributed by atoms with van der Waals surface area (Å²) in [6.07, 6.45) is 9.73. The number of likely N-dealkylation sites (tertiary alicyclic amines) is 1. The molecular weight excluding hydrogens is 320 g/mol. The molecular formula is C18H26N4O3. The Morgan fingerprint density at radius 2 is 2.08 bits per heavy atom. The minimum Gasteiger partial charge on any atom is -0.481 e. The Hall–Kier alpha value is -2.18. The first-order valence-electron chi connectivity index (χ1n) is 9.13. The number of urea groups is 1. The number of aliphatic carboxylic acids is 1. The topological polar surface area (TPSA) is 95.4 Å². The van der Waals surface area contributed by atoms with Crippen LogP contribution in [-0.4, -0.2) is 50.6 Å². The van der Waals surface area contributed by atoms with Gasteiger partial charge in [0.1, 0.15) is 6.33 Å². The van der Waals surface area contributed by atoms with Gasteiger partial charge in [0.25, 0.3) is 0 Å². The van der Waals surface area contributed by atoms with Crippen LogP contribution in [0.25, 0.3) is 0 Å². The van der Waals surface area contributed by atoms with Gasteiger partial charge in [-0.3, -0.25) is 4.79 Å². The van der Waals surface area contributed by atoms with Crippen molar-refractivity contribution in [2.45, 2.75) is 62.8 Å². The molecule has 2 aliphatic rings. The molecule has 2 amide bonds. The van der Waals surface area contributed by atoms with Crippen LogP contribution in [0.15, 0.2) is 18.6 Å². The third-order valence-electron chi connectivity index (χ3n) is 5.40. The van der Waals surface area contributed by atoms with E-state index in [1.807, 2.05) is 11.0 Å². The molecule has 0 bridgehead atoms. The fourth-order valence-corrected chi connectivity index (χ4v) is 4.12. The van der Waals surface area contributed by atoms with Gasteiger partial charge in [-0.15, -0.1) is 0 Å². The molecule has 3 rings (SSSR count). The second kappa shape index (κ2) is 7.80. The summed E-state index contributed by atoms with van der Waals surface area (Å²) in [7, 11) is 0. The van der Waals surface area contributed by atoms with Crippen LogP contribution in [0.1, 0.15) is 63.0 Å². The van der Waals surface area contributed by atoms with E-state index in [-0.39, 0.29) is 18.4 Å². The number of nitrogens with one attached hydrogen (secondary N) is 1. The highest BCUT2D eigenvalue weighted by Gasteiger charge is 2.37. The van der Waals surface area contributed by atoms with E-state index in [4.69, 9.17) is 0 Å². The molecule has 1 aromatic rings. The van der Waals surface area contributed by atoms with Crippen molar-refractivity contribution in [3.63, 3.8) is 0 Å².